The molecule has 1 unspecified atom stereocenters. The van der Waals surface area contributed by atoms with E-state index in [1.54, 1.807) is 0 Å². The van der Waals surface area contributed by atoms with E-state index >= 15 is 0 Å². The predicted molar refractivity (Wildman–Crippen MR) is 69.9 cm³/mol. The van der Waals surface area contributed by atoms with Crippen molar-refractivity contribution >= 4 is 28.4 Å². The zero-order valence-corrected chi connectivity index (χ0v) is 11.4. The van der Waals surface area contributed by atoms with Crippen LogP contribution in [0.15, 0.2) is 0 Å². The summed E-state index contributed by atoms with van der Waals surface area (Å²) in [6.07, 6.45) is 2.42. The quantitative estimate of drug-likeness (QED) is 0.801. The number of nitrogen functional groups attached to an aromatic ring is 1. The van der Waals surface area contributed by atoms with Crippen LogP contribution < -0.4 is 5.73 Å². The minimum atomic E-state index is 0.450. The van der Waals surface area contributed by atoms with Gasteiger partial charge in [0, 0.05) is 6.54 Å². The van der Waals surface area contributed by atoms with E-state index in [9.17, 15) is 0 Å². The van der Waals surface area contributed by atoms with E-state index in [4.69, 9.17) is 5.73 Å². The maximum atomic E-state index is 6.05. The summed E-state index contributed by atoms with van der Waals surface area (Å²) in [5.41, 5.74) is 7.10. The standard InChI is InChI=1S/C10H17IN4/c1-7-9(11)10(12)15(13-7)8-4-3-5-14(2)6-8/h8H,3-6,12H2,1-2H3. The lowest BCUT2D eigenvalue weighted by Gasteiger charge is -2.30. The van der Waals surface area contributed by atoms with Gasteiger partial charge in [0.2, 0.25) is 0 Å². The first-order valence-corrected chi connectivity index (χ1v) is 6.36. The minimum absolute atomic E-state index is 0.450. The Bertz CT molecular complexity index is 361. The molecule has 1 aromatic heterocycles. The van der Waals surface area contributed by atoms with Crippen molar-refractivity contribution in [3.8, 4) is 0 Å². The number of likely N-dealkylation sites (N-methyl/N-ethyl adjacent to an activating group) is 1. The number of anilines is 1. The van der Waals surface area contributed by atoms with Gasteiger partial charge in [-0.15, -0.1) is 0 Å². The molecule has 15 heavy (non-hydrogen) atoms. The number of rotatable bonds is 1. The van der Waals surface area contributed by atoms with Gasteiger partial charge in [0.05, 0.1) is 15.3 Å². The van der Waals surface area contributed by atoms with Crippen LogP contribution in [-0.2, 0) is 0 Å². The molecule has 1 atom stereocenters. The average Bonchev–Trinajstić information content (AvgIpc) is 2.46. The smallest absolute Gasteiger partial charge is 0.135 e. The van der Waals surface area contributed by atoms with Gasteiger partial charge in [-0.1, -0.05) is 0 Å². The maximum absolute atomic E-state index is 6.05. The summed E-state index contributed by atoms with van der Waals surface area (Å²) in [5.74, 6) is 0.827. The SMILES string of the molecule is Cc1nn(C2CCCN(C)C2)c(N)c1I. The molecule has 1 fully saturated rings. The summed E-state index contributed by atoms with van der Waals surface area (Å²) < 4.78 is 3.10. The molecule has 84 valence electrons. The number of hydrogen-bond acceptors (Lipinski definition) is 3. The molecule has 0 aliphatic carbocycles. The van der Waals surface area contributed by atoms with Gasteiger partial charge in [-0.05, 0) is 55.9 Å². The van der Waals surface area contributed by atoms with Gasteiger partial charge in [-0.2, -0.15) is 5.10 Å². The number of aryl methyl sites for hydroxylation is 1. The molecule has 1 aliphatic rings. The average molecular weight is 320 g/mol. The van der Waals surface area contributed by atoms with E-state index in [1.807, 2.05) is 11.6 Å². The summed E-state index contributed by atoms with van der Waals surface area (Å²) in [5, 5.41) is 4.53. The van der Waals surface area contributed by atoms with Crippen LogP contribution in [0.1, 0.15) is 24.6 Å². The molecule has 2 heterocycles. The molecular formula is C10H17IN4. The van der Waals surface area contributed by atoms with Crippen LogP contribution in [0.25, 0.3) is 0 Å². The van der Waals surface area contributed by atoms with Crippen molar-refractivity contribution < 1.29 is 0 Å². The van der Waals surface area contributed by atoms with Crippen molar-refractivity contribution in [2.45, 2.75) is 25.8 Å². The molecule has 4 nitrogen and oxygen atoms in total. The topological polar surface area (TPSA) is 47.1 Å². The second-order valence-electron chi connectivity index (χ2n) is 4.29. The predicted octanol–water partition coefficient (Wildman–Crippen LogP) is 1.65. The fraction of sp³-hybridized carbons (Fsp3) is 0.700. The zero-order chi connectivity index (χ0) is 11.0. The summed E-state index contributed by atoms with van der Waals surface area (Å²) in [7, 11) is 2.16. The van der Waals surface area contributed by atoms with E-state index in [-0.39, 0.29) is 0 Å². The van der Waals surface area contributed by atoms with Gasteiger partial charge >= 0.3 is 0 Å². The molecular weight excluding hydrogens is 303 g/mol. The normalized spacial score (nSPS) is 23.3. The number of halogens is 1. The lowest BCUT2D eigenvalue weighted by molar-refractivity contribution is 0.204. The highest BCUT2D eigenvalue weighted by Gasteiger charge is 2.22. The fourth-order valence-electron chi connectivity index (χ4n) is 2.16. The third-order valence-electron chi connectivity index (χ3n) is 2.99. The molecule has 2 N–H and O–H groups in total. The Hall–Kier alpha value is -0.300. The molecule has 0 radical (unpaired) electrons. The monoisotopic (exact) mass is 320 g/mol. The Kier molecular flexibility index (Phi) is 3.20. The number of hydrogen-bond donors (Lipinski definition) is 1. The lowest BCUT2D eigenvalue weighted by Crippen LogP contribution is -2.34. The molecule has 0 aromatic carbocycles. The Balaban J connectivity index is 2.25. The van der Waals surface area contributed by atoms with Crippen LogP contribution in [0.3, 0.4) is 0 Å². The first-order valence-electron chi connectivity index (χ1n) is 5.28. The molecule has 1 saturated heterocycles. The third-order valence-corrected chi connectivity index (χ3v) is 4.33. The Morgan fingerprint density at radius 3 is 2.80 bits per heavy atom. The molecule has 5 heteroatoms. The van der Waals surface area contributed by atoms with Crippen molar-refractivity contribution in [3.63, 3.8) is 0 Å². The van der Waals surface area contributed by atoms with E-state index in [1.165, 1.54) is 19.4 Å². The van der Waals surface area contributed by atoms with Gasteiger partial charge < -0.3 is 10.6 Å². The molecule has 0 bridgehead atoms. The third kappa shape index (κ3) is 2.13. The summed E-state index contributed by atoms with van der Waals surface area (Å²) in [6, 6.07) is 0.450. The van der Waals surface area contributed by atoms with E-state index < -0.39 is 0 Å². The maximum Gasteiger partial charge on any atom is 0.135 e. The largest absolute Gasteiger partial charge is 0.383 e. The summed E-state index contributed by atoms with van der Waals surface area (Å²) in [6.45, 7) is 4.26. The Labute approximate surface area is 104 Å². The first kappa shape index (κ1) is 11.2. The van der Waals surface area contributed by atoms with Crippen LogP contribution in [0.5, 0.6) is 0 Å². The zero-order valence-electron chi connectivity index (χ0n) is 9.20. The summed E-state index contributed by atoms with van der Waals surface area (Å²) in [4.78, 5) is 2.34. The van der Waals surface area contributed by atoms with Gasteiger partial charge in [0.15, 0.2) is 0 Å². The van der Waals surface area contributed by atoms with Gasteiger partial charge in [-0.3, -0.25) is 0 Å². The van der Waals surface area contributed by atoms with Crippen molar-refractivity contribution in [1.29, 1.82) is 0 Å². The van der Waals surface area contributed by atoms with E-state index in [2.05, 4.69) is 39.6 Å². The number of nitrogens with two attached hydrogens (primary N) is 1. The first-order chi connectivity index (χ1) is 7.09. The second-order valence-corrected chi connectivity index (χ2v) is 5.37. The van der Waals surface area contributed by atoms with E-state index in [0.29, 0.717) is 6.04 Å². The highest BCUT2D eigenvalue weighted by molar-refractivity contribution is 14.1. The molecule has 0 amide bonds. The summed E-state index contributed by atoms with van der Waals surface area (Å²) >= 11 is 2.27. The van der Waals surface area contributed by atoms with Gasteiger partial charge in [-0.25, -0.2) is 4.68 Å². The highest BCUT2D eigenvalue weighted by Crippen LogP contribution is 2.26. The molecule has 2 rings (SSSR count). The van der Waals surface area contributed by atoms with Crippen molar-refractivity contribution in [2.24, 2.45) is 0 Å². The lowest BCUT2D eigenvalue weighted by atomic mass is 10.1. The minimum Gasteiger partial charge on any atom is -0.383 e. The second kappa shape index (κ2) is 4.29. The van der Waals surface area contributed by atoms with Crippen LogP contribution >= 0.6 is 22.6 Å². The van der Waals surface area contributed by atoms with Crippen molar-refractivity contribution in [3.05, 3.63) is 9.26 Å². The van der Waals surface area contributed by atoms with E-state index in [0.717, 1.165) is 21.6 Å². The Morgan fingerprint density at radius 2 is 2.27 bits per heavy atom. The number of likely N-dealkylation sites (tertiary alicyclic amines) is 1. The van der Waals surface area contributed by atoms with Crippen molar-refractivity contribution in [1.82, 2.24) is 14.7 Å². The molecule has 1 aliphatic heterocycles. The van der Waals surface area contributed by atoms with Crippen LogP contribution in [0, 0.1) is 10.5 Å². The Morgan fingerprint density at radius 1 is 1.53 bits per heavy atom. The molecule has 1 aromatic rings. The number of aromatic nitrogens is 2. The van der Waals surface area contributed by atoms with Gasteiger partial charge in [0.1, 0.15) is 5.82 Å². The molecule has 0 saturated carbocycles. The van der Waals surface area contributed by atoms with Crippen LogP contribution in [-0.4, -0.2) is 34.8 Å². The number of piperidine rings is 1. The fourth-order valence-corrected chi connectivity index (χ4v) is 2.52. The molecule has 0 spiro atoms. The van der Waals surface area contributed by atoms with Crippen LogP contribution in [0.2, 0.25) is 0 Å². The van der Waals surface area contributed by atoms with Crippen LogP contribution in [0.4, 0.5) is 5.82 Å². The van der Waals surface area contributed by atoms with Crippen molar-refractivity contribution in [2.75, 3.05) is 25.9 Å². The number of nitrogens with zero attached hydrogens (tertiary/aromatic N) is 3. The highest BCUT2D eigenvalue weighted by atomic mass is 127. The van der Waals surface area contributed by atoms with Gasteiger partial charge in [0.25, 0.3) is 0 Å².